The number of hydrogen-bond donors (Lipinski definition) is 0. The normalized spacial score (nSPS) is 12.4. The first-order valence-electron chi connectivity index (χ1n) is 21.0. The highest BCUT2D eigenvalue weighted by Gasteiger charge is 2.26. The van der Waals surface area contributed by atoms with Crippen LogP contribution in [0.5, 0.6) is 0 Å². The van der Waals surface area contributed by atoms with Gasteiger partial charge in [-0.1, -0.05) is 120 Å². The van der Waals surface area contributed by atoms with E-state index >= 15 is 0 Å². The fourth-order valence-electron chi connectivity index (χ4n) is 9.75. The lowest BCUT2D eigenvalue weighted by atomic mass is 9.85. The first-order valence-corrected chi connectivity index (χ1v) is 21.0. The molecule has 0 unspecified atom stereocenters. The third-order valence-corrected chi connectivity index (χ3v) is 12.8. The van der Waals surface area contributed by atoms with E-state index in [1.54, 1.807) is 6.07 Å². The number of hydrogen-bond acceptors (Lipinski definition) is 2. The number of para-hydroxylation sites is 2. The van der Waals surface area contributed by atoms with Crippen LogP contribution in [0.2, 0.25) is 0 Å². The van der Waals surface area contributed by atoms with E-state index in [1.165, 1.54) is 21.9 Å². The van der Waals surface area contributed by atoms with Gasteiger partial charge in [0.25, 0.3) is 0 Å². The van der Waals surface area contributed by atoms with Gasteiger partial charge in [-0.2, -0.15) is 10.5 Å². The van der Waals surface area contributed by atoms with Crippen LogP contribution >= 0.6 is 0 Å². The average Bonchev–Trinajstić information content (AvgIpc) is 3.90. The Labute approximate surface area is 354 Å². The van der Waals surface area contributed by atoms with Gasteiger partial charge in [0, 0.05) is 38.0 Å². The Morgan fingerprint density at radius 1 is 0.410 bits per heavy atom. The van der Waals surface area contributed by atoms with Crippen LogP contribution in [-0.2, 0) is 10.8 Å². The number of nitriles is 2. The first kappa shape index (κ1) is 36.5. The maximum absolute atomic E-state index is 11.1. The molecule has 5 nitrogen and oxygen atoms in total. The standard InChI is InChI=1S/C56H43N5/c1-55(2,3)37-20-24-48-43(29-37)44-30-38(56(4,5)6)21-25-49(44)61(48)54-36(33-58)27-34(32-57)28-52(54)60-50-26-22-39(31-45(50)53-40-14-8-7-13-35(40)19-23-51(53)60)59-46-17-11-9-15-41(46)42-16-10-12-18-47(42)59/h7-31H,1-6H3. The number of aromatic nitrogens is 3. The van der Waals surface area contributed by atoms with Gasteiger partial charge in [-0.25, -0.2) is 0 Å². The van der Waals surface area contributed by atoms with Crippen LogP contribution in [0.3, 0.4) is 0 Å². The Hall–Kier alpha value is -7.60. The monoisotopic (exact) mass is 785 g/mol. The summed E-state index contributed by atoms with van der Waals surface area (Å²) < 4.78 is 6.92. The summed E-state index contributed by atoms with van der Waals surface area (Å²) in [6.45, 7) is 13.5. The molecule has 292 valence electrons. The molecular weight excluding hydrogens is 743 g/mol. The Morgan fingerprint density at radius 3 is 1.52 bits per heavy atom. The molecule has 0 saturated heterocycles. The SMILES string of the molecule is CC(C)(C)c1ccc2c(c1)c1cc(C(C)(C)C)ccc1n2-c1c(C#N)cc(C#N)cc1-n1c2ccc(-n3c4ccccc4c4ccccc43)cc2c2c3ccccc3ccc21. The fourth-order valence-corrected chi connectivity index (χ4v) is 9.75. The molecule has 0 N–H and O–H groups in total. The second-order valence-electron chi connectivity index (χ2n) is 18.5. The molecule has 11 aromatic rings. The van der Waals surface area contributed by atoms with Crippen molar-refractivity contribution >= 4 is 76.2 Å². The fraction of sp³-hybridized carbons (Fsp3) is 0.143. The number of rotatable bonds is 3. The minimum atomic E-state index is -0.0640. The third kappa shape index (κ3) is 5.37. The van der Waals surface area contributed by atoms with Crippen molar-refractivity contribution in [1.29, 1.82) is 10.5 Å². The van der Waals surface area contributed by atoms with Gasteiger partial charge in [-0.05, 0) is 106 Å². The number of nitrogens with zero attached hydrogens (tertiary/aromatic N) is 5. The molecule has 0 fully saturated rings. The van der Waals surface area contributed by atoms with E-state index in [4.69, 9.17) is 0 Å². The molecule has 11 rings (SSSR count). The van der Waals surface area contributed by atoms with Crippen molar-refractivity contribution in [3.05, 3.63) is 174 Å². The van der Waals surface area contributed by atoms with Crippen molar-refractivity contribution in [3.63, 3.8) is 0 Å². The molecule has 0 spiro atoms. The van der Waals surface area contributed by atoms with Crippen molar-refractivity contribution < 1.29 is 0 Å². The quantitative estimate of drug-likeness (QED) is 0.179. The molecule has 0 bridgehead atoms. The first-order chi connectivity index (χ1) is 29.4. The molecule has 3 heterocycles. The molecule has 8 aromatic carbocycles. The second-order valence-corrected chi connectivity index (χ2v) is 18.5. The number of fused-ring (bicyclic) bond motifs is 11. The lowest BCUT2D eigenvalue weighted by Crippen LogP contribution is -2.11. The van der Waals surface area contributed by atoms with Crippen LogP contribution in [0.25, 0.3) is 93.3 Å². The lowest BCUT2D eigenvalue weighted by Gasteiger charge is -2.21. The van der Waals surface area contributed by atoms with Crippen LogP contribution in [0, 0.1) is 22.7 Å². The highest BCUT2D eigenvalue weighted by Crippen LogP contribution is 2.44. The zero-order chi connectivity index (χ0) is 41.9. The largest absolute Gasteiger partial charge is 0.309 e. The zero-order valence-electron chi connectivity index (χ0n) is 35.2. The molecule has 3 aromatic heterocycles. The van der Waals surface area contributed by atoms with E-state index < -0.39 is 0 Å². The van der Waals surface area contributed by atoms with Crippen molar-refractivity contribution in [1.82, 2.24) is 13.7 Å². The van der Waals surface area contributed by atoms with Crippen LogP contribution < -0.4 is 0 Å². The van der Waals surface area contributed by atoms with E-state index in [1.807, 2.05) is 6.07 Å². The molecule has 0 radical (unpaired) electrons. The average molecular weight is 786 g/mol. The maximum atomic E-state index is 11.1. The van der Waals surface area contributed by atoms with Gasteiger partial charge >= 0.3 is 0 Å². The van der Waals surface area contributed by atoms with Gasteiger partial charge < -0.3 is 13.7 Å². The van der Waals surface area contributed by atoms with Crippen molar-refractivity contribution in [2.24, 2.45) is 0 Å². The van der Waals surface area contributed by atoms with Crippen LogP contribution in [-0.4, -0.2) is 13.7 Å². The summed E-state index contributed by atoms with van der Waals surface area (Å²) in [5.41, 5.74) is 12.1. The third-order valence-electron chi connectivity index (χ3n) is 12.8. The van der Waals surface area contributed by atoms with E-state index in [2.05, 4.69) is 207 Å². The molecule has 5 heteroatoms. The summed E-state index contributed by atoms with van der Waals surface area (Å²) in [7, 11) is 0. The molecule has 0 saturated carbocycles. The predicted octanol–water partition coefficient (Wildman–Crippen LogP) is 14.5. The van der Waals surface area contributed by atoms with Gasteiger partial charge in [0.2, 0.25) is 0 Å². The molecule has 0 aliphatic heterocycles. The highest BCUT2D eigenvalue weighted by molar-refractivity contribution is 6.22. The minimum Gasteiger partial charge on any atom is -0.309 e. The van der Waals surface area contributed by atoms with E-state index in [0.29, 0.717) is 11.1 Å². The number of benzene rings is 8. The molecule has 0 aliphatic rings. The van der Waals surface area contributed by atoms with Gasteiger partial charge in [-0.15, -0.1) is 0 Å². The summed E-state index contributed by atoms with van der Waals surface area (Å²) in [4.78, 5) is 0. The highest BCUT2D eigenvalue weighted by atomic mass is 15.1. The predicted molar refractivity (Wildman–Crippen MR) is 254 cm³/mol. The summed E-state index contributed by atoms with van der Waals surface area (Å²) in [5.74, 6) is 0. The van der Waals surface area contributed by atoms with E-state index in [0.717, 1.165) is 82.5 Å². The second kappa shape index (κ2) is 12.9. The van der Waals surface area contributed by atoms with E-state index in [-0.39, 0.29) is 10.8 Å². The van der Waals surface area contributed by atoms with Crippen molar-refractivity contribution in [3.8, 4) is 29.2 Å². The topological polar surface area (TPSA) is 62.4 Å². The summed E-state index contributed by atoms with van der Waals surface area (Å²) in [5, 5.41) is 30.9. The zero-order valence-corrected chi connectivity index (χ0v) is 35.2. The molecule has 0 atom stereocenters. The molecular formula is C56H43N5. The minimum absolute atomic E-state index is 0.0640. The van der Waals surface area contributed by atoms with Crippen molar-refractivity contribution in [2.45, 2.75) is 52.4 Å². The molecule has 0 amide bonds. The smallest absolute Gasteiger partial charge is 0.101 e. The van der Waals surface area contributed by atoms with Crippen LogP contribution in [0.4, 0.5) is 0 Å². The Balaban J connectivity index is 1.29. The van der Waals surface area contributed by atoms with E-state index in [9.17, 15) is 10.5 Å². The van der Waals surface area contributed by atoms with Gasteiger partial charge in [0.05, 0.1) is 61.7 Å². The van der Waals surface area contributed by atoms with Crippen LogP contribution in [0.1, 0.15) is 63.8 Å². The lowest BCUT2D eigenvalue weighted by molar-refractivity contribution is 0.590. The summed E-state index contributed by atoms with van der Waals surface area (Å²) in [6, 6.07) is 59.1. The van der Waals surface area contributed by atoms with Gasteiger partial charge in [-0.3, -0.25) is 0 Å². The summed E-state index contributed by atoms with van der Waals surface area (Å²) >= 11 is 0. The van der Waals surface area contributed by atoms with Crippen molar-refractivity contribution in [2.75, 3.05) is 0 Å². The molecule has 0 aliphatic carbocycles. The molecule has 61 heavy (non-hydrogen) atoms. The summed E-state index contributed by atoms with van der Waals surface area (Å²) in [6.07, 6.45) is 0. The Kier molecular flexibility index (Phi) is 7.74. The van der Waals surface area contributed by atoms with Gasteiger partial charge in [0.15, 0.2) is 0 Å². The Bertz CT molecular complexity index is 3620. The Morgan fingerprint density at radius 2 is 0.934 bits per heavy atom. The van der Waals surface area contributed by atoms with Gasteiger partial charge in [0.1, 0.15) is 6.07 Å². The maximum Gasteiger partial charge on any atom is 0.101 e. The van der Waals surface area contributed by atoms with Crippen LogP contribution in [0.15, 0.2) is 152 Å².